The number of ether oxygens (including phenoxy) is 3. The van der Waals surface area contributed by atoms with Gasteiger partial charge in [0, 0.05) is 4.87 Å². The third-order valence-corrected chi connectivity index (χ3v) is 7.17. The highest BCUT2D eigenvalue weighted by Crippen LogP contribution is 2.64. The summed E-state index contributed by atoms with van der Waals surface area (Å²) < 4.78 is 16.9. The number of fused-ring (bicyclic) bond motifs is 1. The zero-order chi connectivity index (χ0) is 17.9. The van der Waals surface area contributed by atoms with E-state index in [4.69, 9.17) is 37.4 Å². The topological polar surface area (TPSA) is 44.8 Å². The summed E-state index contributed by atoms with van der Waals surface area (Å²) in [7, 11) is 0. The molecular formula is C20H22Cl2O4. The summed E-state index contributed by atoms with van der Waals surface area (Å²) in [4.78, 5) is 12.8. The van der Waals surface area contributed by atoms with Gasteiger partial charge in [-0.3, -0.25) is 4.79 Å². The van der Waals surface area contributed by atoms with Crippen molar-refractivity contribution in [2.45, 2.75) is 50.0 Å². The molecule has 4 bridgehead atoms. The summed E-state index contributed by atoms with van der Waals surface area (Å²) in [6, 6.07) is 3.63. The molecule has 4 atom stereocenters. The molecule has 0 saturated heterocycles. The lowest BCUT2D eigenvalue weighted by Gasteiger charge is -2.58. The molecule has 26 heavy (non-hydrogen) atoms. The van der Waals surface area contributed by atoms with Crippen LogP contribution in [0, 0.1) is 17.3 Å². The normalized spacial score (nSPS) is 36.8. The van der Waals surface area contributed by atoms with E-state index < -0.39 is 0 Å². The number of hydrogen-bond acceptors (Lipinski definition) is 4. The third kappa shape index (κ3) is 2.77. The van der Waals surface area contributed by atoms with E-state index in [9.17, 15) is 4.79 Å². The molecule has 2 unspecified atom stereocenters. The lowest BCUT2D eigenvalue weighted by atomic mass is 9.49. The maximum atomic E-state index is 13.0. The summed E-state index contributed by atoms with van der Waals surface area (Å²) in [6.07, 6.45) is 5.95. The Morgan fingerprint density at radius 1 is 1.15 bits per heavy atom. The number of hydrogen-bond donors (Lipinski definition) is 0. The van der Waals surface area contributed by atoms with Crippen molar-refractivity contribution in [3.63, 3.8) is 0 Å². The smallest absolute Gasteiger partial charge is 0.312 e. The molecule has 5 aliphatic rings. The third-order valence-electron chi connectivity index (χ3n) is 6.45. The van der Waals surface area contributed by atoms with E-state index in [0.717, 1.165) is 37.7 Å². The minimum absolute atomic E-state index is 0.0948. The summed E-state index contributed by atoms with van der Waals surface area (Å²) in [5.74, 6) is 2.24. The second-order valence-corrected chi connectivity index (χ2v) is 9.78. The van der Waals surface area contributed by atoms with Crippen molar-refractivity contribution in [3.05, 3.63) is 22.7 Å². The first-order valence-electron chi connectivity index (χ1n) is 9.39. The molecule has 140 valence electrons. The second kappa shape index (κ2) is 5.93. The maximum absolute atomic E-state index is 13.0. The molecule has 1 aromatic rings. The van der Waals surface area contributed by atoms with Gasteiger partial charge in [0.25, 0.3) is 0 Å². The highest BCUT2D eigenvalue weighted by Gasteiger charge is 2.60. The highest BCUT2D eigenvalue weighted by atomic mass is 35.5. The molecule has 4 aliphatic carbocycles. The fraction of sp³-hybridized carbons (Fsp3) is 0.650. The minimum atomic E-state index is -0.385. The fourth-order valence-corrected chi connectivity index (χ4v) is 6.92. The van der Waals surface area contributed by atoms with Gasteiger partial charge in [0.1, 0.15) is 19.8 Å². The molecular weight excluding hydrogens is 375 g/mol. The van der Waals surface area contributed by atoms with Crippen molar-refractivity contribution in [1.29, 1.82) is 0 Å². The van der Waals surface area contributed by atoms with Crippen molar-refractivity contribution >= 4 is 29.2 Å². The number of alkyl halides is 1. The van der Waals surface area contributed by atoms with Gasteiger partial charge >= 0.3 is 5.97 Å². The monoisotopic (exact) mass is 396 g/mol. The van der Waals surface area contributed by atoms with Crippen molar-refractivity contribution in [2.24, 2.45) is 17.3 Å². The van der Waals surface area contributed by atoms with Crippen LogP contribution in [0.5, 0.6) is 11.5 Å². The van der Waals surface area contributed by atoms with Crippen LogP contribution in [0.1, 0.15) is 44.1 Å². The molecule has 6 rings (SSSR count). The van der Waals surface area contributed by atoms with Crippen molar-refractivity contribution in [2.75, 3.05) is 13.2 Å². The highest BCUT2D eigenvalue weighted by molar-refractivity contribution is 6.32. The SMILES string of the molecule is O=C(OCc1cc(Cl)c2c(c1)OCCO2)C12C[C@@H]3C[C@@H](CC(Cl)(C3)C1)C2. The van der Waals surface area contributed by atoms with Gasteiger partial charge in [-0.25, -0.2) is 0 Å². The molecule has 1 aliphatic heterocycles. The Morgan fingerprint density at radius 3 is 2.62 bits per heavy atom. The van der Waals surface area contributed by atoms with Crippen LogP contribution in [0.2, 0.25) is 5.02 Å². The van der Waals surface area contributed by atoms with Crippen molar-refractivity contribution < 1.29 is 19.0 Å². The standard InChI is InChI=1S/C20H22Cl2O4/c21-15-4-12(5-16-17(15)25-2-1-24-16)10-26-18(23)19-6-13-3-14(7-19)9-20(22,8-13)11-19/h4-5,13-14H,1-3,6-11H2/t13-,14+,19?,20?. The lowest BCUT2D eigenvalue weighted by Crippen LogP contribution is -2.56. The van der Waals surface area contributed by atoms with Crippen LogP contribution in [0.15, 0.2) is 12.1 Å². The van der Waals surface area contributed by atoms with Gasteiger partial charge in [0.15, 0.2) is 11.5 Å². The maximum Gasteiger partial charge on any atom is 0.312 e. The molecule has 0 spiro atoms. The Labute approximate surface area is 163 Å². The number of carbonyl (C=O) groups excluding carboxylic acids is 1. The molecule has 0 aromatic heterocycles. The van der Waals surface area contributed by atoms with E-state index in [1.807, 2.05) is 6.07 Å². The summed E-state index contributed by atoms with van der Waals surface area (Å²) >= 11 is 13.1. The molecule has 4 nitrogen and oxygen atoms in total. The van der Waals surface area contributed by atoms with Gasteiger partial charge in [-0.05, 0) is 68.1 Å². The van der Waals surface area contributed by atoms with E-state index in [1.165, 1.54) is 6.42 Å². The Hall–Kier alpha value is -1.13. The predicted octanol–water partition coefficient (Wildman–Crippen LogP) is 4.73. The van der Waals surface area contributed by atoms with Crippen LogP contribution in [-0.4, -0.2) is 24.1 Å². The molecule has 4 saturated carbocycles. The van der Waals surface area contributed by atoms with Gasteiger partial charge in [-0.1, -0.05) is 11.6 Å². The van der Waals surface area contributed by atoms with Crippen LogP contribution in [-0.2, 0) is 16.1 Å². The van der Waals surface area contributed by atoms with E-state index in [2.05, 4.69) is 0 Å². The van der Waals surface area contributed by atoms with Gasteiger partial charge in [0.2, 0.25) is 0 Å². The molecule has 0 N–H and O–H groups in total. The van der Waals surface area contributed by atoms with Crippen LogP contribution in [0.3, 0.4) is 0 Å². The minimum Gasteiger partial charge on any atom is -0.486 e. The zero-order valence-corrected chi connectivity index (χ0v) is 16.1. The van der Waals surface area contributed by atoms with Crippen LogP contribution < -0.4 is 9.47 Å². The van der Waals surface area contributed by atoms with Gasteiger partial charge in [-0.15, -0.1) is 11.6 Å². The predicted molar refractivity (Wildman–Crippen MR) is 97.9 cm³/mol. The summed E-state index contributed by atoms with van der Waals surface area (Å²) in [5.41, 5.74) is 0.432. The number of carbonyl (C=O) groups is 1. The molecule has 4 fully saturated rings. The summed E-state index contributed by atoms with van der Waals surface area (Å²) in [6.45, 7) is 1.18. The zero-order valence-electron chi connectivity index (χ0n) is 14.6. The first kappa shape index (κ1) is 17.0. The number of halogens is 2. The number of benzene rings is 1. The van der Waals surface area contributed by atoms with Gasteiger partial charge < -0.3 is 14.2 Å². The van der Waals surface area contributed by atoms with E-state index in [1.54, 1.807) is 6.07 Å². The number of rotatable bonds is 3. The van der Waals surface area contributed by atoms with Crippen LogP contribution in [0.25, 0.3) is 0 Å². The fourth-order valence-electron chi connectivity index (χ4n) is 5.94. The molecule has 1 heterocycles. The van der Waals surface area contributed by atoms with E-state index in [-0.39, 0.29) is 22.9 Å². The van der Waals surface area contributed by atoms with Crippen LogP contribution >= 0.6 is 23.2 Å². The van der Waals surface area contributed by atoms with Crippen molar-refractivity contribution in [1.82, 2.24) is 0 Å². The largest absolute Gasteiger partial charge is 0.486 e. The Kier molecular flexibility index (Phi) is 3.88. The number of esters is 1. The molecule has 0 amide bonds. The van der Waals surface area contributed by atoms with E-state index >= 15 is 0 Å². The average molecular weight is 397 g/mol. The lowest BCUT2D eigenvalue weighted by molar-refractivity contribution is -0.171. The van der Waals surface area contributed by atoms with Gasteiger partial charge in [0.05, 0.1) is 10.4 Å². The Morgan fingerprint density at radius 2 is 1.88 bits per heavy atom. The first-order valence-corrected chi connectivity index (χ1v) is 10.1. The van der Waals surface area contributed by atoms with Crippen LogP contribution in [0.4, 0.5) is 0 Å². The molecule has 0 radical (unpaired) electrons. The quantitative estimate of drug-likeness (QED) is 0.546. The Balaban J connectivity index is 1.32. The average Bonchev–Trinajstić information content (AvgIpc) is 2.57. The Bertz CT molecular complexity index is 748. The molecule has 1 aromatic carbocycles. The first-order chi connectivity index (χ1) is 12.4. The van der Waals surface area contributed by atoms with Gasteiger partial charge in [-0.2, -0.15) is 0 Å². The molecule has 6 heteroatoms. The summed E-state index contributed by atoms with van der Waals surface area (Å²) in [5, 5.41) is 0.489. The second-order valence-electron chi connectivity index (χ2n) is 8.57. The van der Waals surface area contributed by atoms with E-state index in [0.29, 0.717) is 41.6 Å². The van der Waals surface area contributed by atoms with Crippen molar-refractivity contribution in [3.8, 4) is 11.5 Å².